The lowest BCUT2D eigenvalue weighted by Gasteiger charge is -2.29. The molecule has 1 aliphatic rings. The van der Waals surface area contributed by atoms with E-state index in [1.54, 1.807) is 25.1 Å². The molecule has 26 heavy (non-hydrogen) atoms. The predicted octanol–water partition coefficient (Wildman–Crippen LogP) is 3.38. The van der Waals surface area contributed by atoms with Crippen molar-refractivity contribution in [2.45, 2.75) is 39.4 Å². The number of methoxy groups -OCH3 is 1. The fraction of sp³-hybridized carbons (Fsp3) is 0.474. The Bertz CT molecular complexity index is 803. The molecule has 0 fully saturated rings. The fourth-order valence-corrected chi connectivity index (χ4v) is 3.52. The molecule has 0 aliphatic carbocycles. The minimum atomic E-state index is -0.164. The lowest BCUT2D eigenvalue weighted by atomic mass is 10.0. The van der Waals surface area contributed by atoms with Crippen LogP contribution >= 0.6 is 11.6 Å². The zero-order valence-corrected chi connectivity index (χ0v) is 16.3. The third kappa shape index (κ3) is 3.57. The molecular formula is C19H24ClN3O3. The number of carbonyl (C=O) groups excluding carboxylic acids is 1. The van der Waals surface area contributed by atoms with E-state index in [2.05, 4.69) is 23.9 Å². The van der Waals surface area contributed by atoms with Crippen LogP contribution in [0.4, 0.5) is 0 Å². The number of carbonyl (C=O) groups is 1. The average molecular weight is 378 g/mol. The van der Waals surface area contributed by atoms with Crippen LogP contribution in [0, 0.1) is 0 Å². The maximum absolute atomic E-state index is 13.0. The smallest absolute Gasteiger partial charge is 0.276 e. The minimum absolute atomic E-state index is 0.164. The second-order valence-electron chi connectivity index (χ2n) is 6.84. The van der Waals surface area contributed by atoms with Crippen molar-refractivity contribution in [1.29, 1.82) is 0 Å². The number of rotatable bonds is 5. The van der Waals surface area contributed by atoms with Gasteiger partial charge in [-0.05, 0) is 19.9 Å². The van der Waals surface area contributed by atoms with Crippen molar-refractivity contribution in [2.24, 2.45) is 0 Å². The van der Waals surface area contributed by atoms with E-state index in [0.29, 0.717) is 35.6 Å². The van der Waals surface area contributed by atoms with Gasteiger partial charge in [-0.15, -0.1) is 0 Å². The van der Waals surface area contributed by atoms with Crippen molar-refractivity contribution in [1.82, 2.24) is 15.0 Å². The van der Waals surface area contributed by atoms with E-state index in [9.17, 15) is 4.79 Å². The molecule has 2 aromatic rings. The Hall–Kier alpha value is -2.05. The standard InChI is InChI=1S/C19H24ClN3O3/c1-12(2)23-9-8-16-14(11-23)17(21-26-16)19(24)22(3)10-13-6-5-7-15(20)18(13)25-4/h5-7,12H,8-11H2,1-4H3. The van der Waals surface area contributed by atoms with Crippen molar-refractivity contribution in [3.8, 4) is 5.75 Å². The number of hydrogen-bond donors (Lipinski definition) is 0. The molecule has 140 valence electrons. The molecule has 0 radical (unpaired) electrons. The topological polar surface area (TPSA) is 58.8 Å². The molecule has 0 saturated heterocycles. The fourth-order valence-electron chi connectivity index (χ4n) is 3.25. The highest BCUT2D eigenvalue weighted by molar-refractivity contribution is 6.32. The summed E-state index contributed by atoms with van der Waals surface area (Å²) in [6.07, 6.45) is 0.777. The molecule has 0 atom stereocenters. The van der Waals surface area contributed by atoms with Gasteiger partial charge in [-0.2, -0.15) is 0 Å². The Labute approximate surface area is 158 Å². The minimum Gasteiger partial charge on any atom is -0.495 e. The molecule has 1 amide bonds. The number of amides is 1. The molecule has 1 aliphatic heterocycles. The normalized spacial score (nSPS) is 14.4. The first-order valence-electron chi connectivity index (χ1n) is 8.70. The van der Waals surface area contributed by atoms with Gasteiger partial charge >= 0.3 is 0 Å². The van der Waals surface area contributed by atoms with Gasteiger partial charge in [0.15, 0.2) is 5.69 Å². The van der Waals surface area contributed by atoms with Crippen molar-refractivity contribution >= 4 is 17.5 Å². The molecule has 0 spiro atoms. The molecular weight excluding hydrogens is 354 g/mol. The maximum atomic E-state index is 13.0. The lowest BCUT2D eigenvalue weighted by Crippen LogP contribution is -2.36. The van der Waals surface area contributed by atoms with E-state index in [0.717, 1.165) is 29.9 Å². The molecule has 7 heteroatoms. The Kier molecular flexibility index (Phi) is 5.53. The summed E-state index contributed by atoms with van der Waals surface area (Å²) in [5.74, 6) is 1.24. The van der Waals surface area contributed by atoms with Gasteiger partial charge in [0, 0.05) is 50.3 Å². The van der Waals surface area contributed by atoms with Crippen LogP contribution in [-0.4, -0.2) is 47.6 Å². The quantitative estimate of drug-likeness (QED) is 0.799. The summed E-state index contributed by atoms with van der Waals surface area (Å²) < 4.78 is 10.8. The SMILES string of the molecule is COc1c(Cl)cccc1CN(C)C(=O)c1noc2c1CN(C(C)C)CC2. The first-order valence-corrected chi connectivity index (χ1v) is 9.08. The van der Waals surface area contributed by atoms with Crippen LogP contribution in [0.2, 0.25) is 5.02 Å². The van der Waals surface area contributed by atoms with Crippen LogP contribution < -0.4 is 4.74 Å². The number of hydrogen-bond acceptors (Lipinski definition) is 5. The summed E-state index contributed by atoms with van der Waals surface area (Å²) in [6, 6.07) is 5.92. The number of aromatic nitrogens is 1. The van der Waals surface area contributed by atoms with Crippen LogP contribution in [0.15, 0.2) is 22.7 Å². The zero-order chi connectivity index (χ0) is 18.8. The highest BCUT2D eigenvalue weighted by atomic mass is 35.5. The summed E-state index contributed by atoms with van der Waals surface area (Å²) in [6.45, 7) is 6.28. The van der Waals surface area contributed by atoms with Gasteiger partial charge in [-0.1, -0.05) is 28.9 Å². The third-order valence-corrected chi connectivity index (χ3v) is 5.09. The van der Waals surface area contributed by atoms with Gasteiger partial charge in [0.25, 0.3) is 5.91 Å². The van der Waals surface area contributed by atoms with Gasteiger partial charge in [0.05, 0.1) is 12.1 Å². The Morgan fingerprint density at radius 1 is 1.46 bits per heavy atom. The second kappa shape index (κ2) is 7.68. The highest BCUT2D eigenvalue weighted by Crippen LogP contribution is 2.30. The average Bonchev–Trinajstić information content (AvgIpc) is 3.04. The van der Waals surface area contributed by atoms with E-state index in [-0.39, 0.29) is 5.91 Å². The molecule has 3 rings (SSSR count). The molecule has 2 heterocycles. The summed E-state index contributed by atoms with van der Waals surface area (Å²) in [4.78, 5) is 16.9. The molecule has 0 N–H and O–H groups in total. The first-order chi connectivity index (χ1) is 12.4. The number of ether oxygens (including phenoxy) is 1. The number of benzene rings is 1. The lowest BCUT2D eigenvalue weighted by molar-refractivity contribution is 0.0771. The van der Waals surface area contributed by atoms with Crippen LogP contribution in [0.1, 0.15) is 41.2 Å². The van der Waals surface area contributed by atoms with Gasteiger partial charge in [0.2, 0.25) is 0 Å². The van der Waals surface area contributed by atoms with Crippen molar-refractivity contribution in [2.75, 3.05) is 20.7 Å². The van der Waals surface area contributed by atoms with Crippen LogP contribution in [0.25, 0.3) is 0 Å². The van der Waals surface area contributed by atoms with Crippen molar-refractivity contribution < 1.29 is 14.1 Å². The molecule has 6 nitrogen and oxygen atoms in total. The van der Waals surface area contributed by atoms with E-state index < -0.39 is 0 Å². The third-order valence-electron chi connectivity index (χ3n) is 4.80. The van der Waals surface area contributed by atoms with E-state index in [1.807, 2.05) is 12.1 Å². The summed E-state index contributed by atoms with van der Waals surface area (Å²) >= 11 is 6.17. The highest BCUT2D eigenvalue weighted by Gasteiger charge is 2.30. The number of nitrogens with zero attached hydrogens (tertiary/aromatic N) is 3. The van der Waals surface area contributed by atoms with Crippen LogP contribution in [0.5, 0.6) is 5.75 Å². The van der Waals surface area contributed by atoms with Gasteiger partial charge in [0.1, 0.15) is 11.5 Å². The Balaban J connectivity index is 1.81. The number of para-hydroxylation sites is 1. The monoisotopic (exact) mass is 377 g/mol. The molecule has 0 unspecified atom stereocenters. The summed E-state index contributed by atoms with van der Waals surface area (Å²) in [5.41, 5.74) is 2.14. The van der Waals surface area contributed by atoms with Crippen LogP contribution in [0.3, 0.4) is 0 Å². The number of fused-ring (bicyclic) bond motifs is 1. The molecule has 1 aromatic carbocycles. The van der Waals surface area contributed by atoms with Crippen molar-refractivity contribution in [3.05, 3.63) is 45.8 Å². The Morgan fingerprint density at radius 2 is 2.23 bits per heavy atom. The summed E-state index contributed by atoms with van der Waals surface area (Å²) in [7, 11) is 3.31. The second-order valence-corrected chi connectivity index (χ2v) is 7.25. The molecule has 0 bridgehead atoms. The van der Waals surface area contributed by atoms with Gasteiger partial charge in [-0.3, -0.25) is 9.69 Å². The van der Waals surface area contributed by atoms with Crippen LogP contribution in [-0.2, 0) is 19.5 Å². The Morgan fingerprint density at radius 3 is 2.92 bits per heavy atom. The van der Waals surface area contributed by atoms with E-state index >= 15 is 0 Å². The van der Waals surface area contributed by atoms with E-state index in [1.165, 1.54) is 0 Å². The van der Waals surface area contributed by atoms with E-state index in [4.69, 9.17) is 20.9 Å². The molecule has 1 aromatic heterocycles. The zero-order valence-electron chi connectivity index (χ0n) is 15.6. The van der Waals surface area contributed by atoms with Crippen molar-refractivity contribution in [3.63, 3.8) is 0 Å². The summed E-state index contributed by atoms with van der Waals surface area (Å²) in [5, 5.41) is 4.59. The first kappa shape index (κ1) is 18.7. The molecule has 0 saturated carbocycles. The van der Waals surface area contributed by atoms with Gasteiger partial charge in [-0.25, -0.2) is 0 Å². The predicted molar refractivity (Wildman–Crippen MR) is 99.6 cm³/mol. The largest absolute Gasteiger partial charge is 0.495 e. The maximum Gasteiger partial charge on any atom is 0.276 e. The van der Waals surface area contributed by atoms with Gasteiger partial charge < -0.3 is 14.2 Å². The number of halogens is 1.